The summed E-state index contributed by atoms with van der Waals surface area (Å²) >= 11 is 7.63. The zero-order chi connectivity index (χ0) is 14.3. The number of benzene rings is 2. The van der Waals surface area contributed by atoms with E-state index in [1.807, 2.05) is 44.2 Å². The van der Waals surface area contributed by atoms with Gasteiger partial charge in [0, 0.05) is 11.1 Å². The van der Waals surface area contributed by atoms with Gasteiger partial charge >= 0.3 is 0 Å². The molecule has 0 spiro atoms. The molecule has 0 aliphatic rings. The summed E-state index contributed by atoms with van der Waals surface area (Å²) in [5.74, 6) is 1.33. The van der Waals surface area contributed by atoms with E-state index in [-0.39, 0.29) is 0 Å². The van der Waals surface area contributed by atoms with Crippen LogP contribution in [-0.4, -0.2) is 4.98 Å². The highest BCUT2D eigenvalue weighted by atomic mass is 35.5. The Morgan fingerprint density at radius 2 is 2.00 bits per heavy atom. The van der Waals surface area contributed by atoms with Crippen molar-refractivity contribution in [3.05, 3.63) is 45.9 Å². The minimum Gasteiger partial charge on any atom is -0.455 e. The maximum absolute atomic E-state index is 6.04. The van der Waals surface area contributed by atoms with Crippen molar-refractivity contribution in [1.82, 2.24) is 4.98 Å². The predicted molar refractivity (Wildman–Crippen MR) is 85.0 cm³/mol. The third kappa shape index (κ3) is 2.44. The fraction of sp³-hybridized carbons (Fsp3) is 0.133. The first-order chi connectivity index (χ1) is 9.52. The van der Waals surface area contributed by atoms with Crippen LogP contribution in [0.1, 0.15) is 10.6 Å². The van der Waals surface area contributed by atoms with Gasteiger partial charge in [0.1, 0.15) is 5.75 Å². The largest absolute Gasteiger partial charge is 0.455 e. The molecule has 102 valence electrons. The Morgan fingerprint density at radius 1 is 1.20 bits per heavy atom. The average molecular weight is 305 g/mol. The zero-order valence-electron chi connectivity index (χ0n) is 11.1. The molecule has 2 N–H and O–H groups in total. The molecule has 3 aromatic rings. The number of nitrogens with zero attached hydrogens (tertiary/aromatic N) is 1. The number of anilines is 1. The Hall–Kier alpha value is -1.78. The Balaban J connectivity index is 2.00. The number of aromatic nitrogens is 1. The average Bonchev–Trinajstić information content (AvgIpc) is 2.73. The molecule has 1 heterocycles. The first kappa shape index (κ1) is 13.2. The minimum atomic E-state index is 0.605. The van der Waals surface area contributed by atoms with Gasteiger partial charge in [-0.1, -0.05) is 11.6 Å². The summed E-state index contributed by atoms with van der Waals surface area (Å²) in [7, 11) is 0. The molecular formula is C15H13ClN2OS. The Labute approximate surface area is 126 Å². The molecular weight excluding hydrogens is 292 g/mol. The lowest BCUT2D eigenvalue weighted by Crippen LogP contribution is -1.92. The number of halogens is 1. The highest BCUT2D eigenvalue weighted by Crippen LogP contribution is 2.34. The van der Waals surface area contributed by atoms with E-state index in [1.165, 1.54) is 0 Å². The number of aryl methyl sites for hydroxylation is 2. The molecule has 0 unspecified atom stereocenters. The third-order valence-corrected chi connectivity index (χ3v) is 4.34. The number of nitrogen functional groups attached to an aromatic ring is 1. The summed E-state index contributed by atoms with van der Waals surface area (Å²) in [4.78, 5) is 4.45. The van der Waals surface area contributed by atoms with Gasteiger partial charge in [0.05, 0.1) is 20.9 Å². The molecule has 5 heteroatoms. The molecule has 0 atom stereocenters. The Morgan fingerprint density at radius 3 is 2.75 bits per heavy atom. The quantitative estimate of drug-likeness (QED) is 0.682. The second-order valence-electron chi connectivity index (χ2n) is 4.60. The molecule has 0 radical (unpaired) electrons. The fourth-order valence-corrected chi connectivity index (χ4v) is 2.96. The molecule has 0 saturated carbocycles. The SMILES string of the molecule is Cc1nc2cc(Oc3ccc(Cl)c(C)c3)c(N)cc2s1. The number of fused-ring (bicyclic) bond motifs is 1. The lowest BCUT2D eigenvalue weighted by Gasteiger charge is -2.09. The molecule has 20 heavy (non-hydrogen) atoms. The van der Waals surface area contributed by atoms with Crippen molar-refractivity contribution < 1.29 is 4.74 Å². The monoisotopic (exact) mass is 304 g/mol. The van der Waals surface area contributed by atoms with Crippen LogP contribution in [0.25, 0.3) is 10.2 Å². The normalized spacial score (nSPS) is 10.9. The van der Waals surface area contributed by atoms with Crippen LogP contribution < -0.4 is 10.5 Å². The van der Waals surface area contributed by atoms with Crippen LogP contribution in [-0.2, 0) is 0 Å². The highest BCUT2D eigenvalue weighted by molar-refractivity contribution is 7.18. The van der Waals surface area contributed by atoms with E-state index in [0.29, 0.717) is 17.2 Å². The second-order valence-corrected chi connectivity index (χ2v) is 6.25. The van der Waals surface area contributed by atoms with E-state index in [4.69, 9.17) is 22.1 Å². The lowest BCUT2D eigenvalue weighted by atomic mass is 10.2. The van der Waals surface area contributed by atoms with E-state index in [9.17, 15) is 0 Å². The summed E-state index contributed by atoms with van der Waals surface area (Å²) in [5.41, 5.74) is 8.52. The van der Waals surface area contributed by atoms with Crippen LogP contribution in [0.15, 0.2) is 30.3 Å². The second kappa shape index (κ2) is 4.96. The van der Waals surface area contributed by atoms with Gasteiger partial charge in [0.2, 0.25) is 0 Å². The van der Waals surface area contributed by atoms with Crippen molar-refractivity contribution in [2.24, 2.45) is 0 Å². The van der Waals surface area contributed by atoms with E-state index in [2.05, 4.69) is 4.98 Å². The van der Waals surface area contributed by atoms with Crippen LogP contribution in [0.2, 0.25) is 5.02 Å². The van der Waals surface area contributed by atoms with E-state index < -0.39 is 0 Å². The standard InChI is InChI=1S/C15H13ClN2OS/c1-8-5-10(3-4-11(8)16)19-14-7-13-15(6-12(14)17)20-9(2)18-13/h3-7H,17H2,1-2H3. The summed E-state index contributed by atoms with van der Waals surface area (Å²) in [6, 6.07) is 9.30. The molecule has 1 aromatic heterocycles. The van der Waals surface area contributed by atoms with E-state index >= 15 is 0 Å². The first-order valence-corrected chi connectivity index (χ1v) is 7.33. The Bertz CT molecular complexity index is 798. The van der Waals surface area contributed by atoms with Crippen molar-refractivity contribution in [2.75, 3.05) is 5.73 Å². The maximum atomic E-state index is 6.04. The summed E-state index contributed by atoms with van der Waals surface area (Å²) < 4.78 is 6.91. The van der Waals surface area contributed by atoms with Crippen molar-refractivity contribution in [3.63, 3.8) is 0 Å². The molecule has 3 rings (SSSR count). The molecule has 0 saturated heterocycles. The van der Waals surface area contributed by atoms with Gasteiger partial charge in [-0.3, -0.25) is 0 Å². The first-order valence-electron chi connectivity index (χ1n) is 6.13. The van der Waals surface area contributed by atoms with Crippen molar-refractivity contribution >= 4 is 38.8 Å². The minimum absolute atomic E-state index is 0.605. The van der Waals surface area contributed by atoms with E-state index in [0.717, 1.165) is 25.8 Å². The van der Waals surface area contributed by atoms with Gasteiger partial charge < -0.3 is 10.5 Å². The highest BCUT2D eigenvalue weighted by Gasteiger charge is 2.09. The van der Waals surface area contributed by atoms with Crippen molar-refractivity contribution in [1.29, 1.82) is 0 Å². The number of ether oxygens (including phenoxy) is 1. The van der Waals surface area contributed by atoms with Crippen LogP contribution in [0.3, 0.4) is 0 Å². The van der Waals surface area contributed by atoms with Gasteiger partial charge in [-0.05, 0) is 43.7 Å². The third-order valence-electron chi connectivity index (χ3n) is 2.98. The molecule has 0 aliphatic heterocycles. The van der Waals surface area contributed by atoms with Crippen LogP contribution >= 0.6 is 22.9 Å². The number of hydrogen-bond acceptors (Lipinski definition) is 4. The zero-order valence-corrected chi connectivity index (χ0v) is 12.7. The Kier molecular flexibility index (Phi) is 3.28. The summed E-state index contributed by atoms with van der Waals surface area (Å²) in [6.45, 7) is 3.91. The van der Waals surface area contributed by atoms with Gasteiger partial charge in [0.15, 0.2) is 5.75 Å². The predicted octanol–water partition coefficient (Wildman–Crippen LogP) is 4.94. The van der Waals surface area contributed by atoms with E-state index in [1.54, 1.807) is 11.3 Å². The smallest absolute Gasteiger partial charge is 0.152 e. The van der Waals surface area contributed by atoms with Gasteiger partial charge in [-0.15, -0.1) is 11.3 Å². The number of thiazole rings is 1. The summed E-state index contributed by atoms with van der Waals surface area (Å²) in [5, 5.41) is 1.73. The van der Waals surface area contributed by atoms with Gasteiger partial charge in [-0.25, -0.2) is 4.98 Å². The lowest BCUT2D eigenvalue weighted by molar-refractivity contribution is 0.485. The molecule has 3 nitrogen and oxygen atoms in total. The number of nitrogens with two attached hydrogens (primary N) is 1. The summed E-state index contributed by atoms with van der Waals surface area (Å²) in [6.07, 6.45) is 0. The fourth-order valence-electron chi connectivity index (χ4n) is 1.98. The van der Waals surface area contributed by atoms with Crippen molar-refractivity contribution in [3.8, 4) is 11.5 Å². The van der Waals surface area contributed by atoms with Crippen LogP contribution in [0.4, 0.5) is 5.69 Å². The number of rotatable bonds is 2. The number of hydrogen-bond donors (Lipinski definition) is 1. The topological polar surface area (TPSA) is 48.1 Å². The van der Waals surface area contributed by atoms with Crippen LogP contribution in [0.5, 0.6) is 11.5 Å². The molecule has 0 fully saturated rings. The van der Waals surface area contributed by atoms with Gasteiger partial charge in [-0.2, -0.15) is 0 Å². The maximum Gasteiger partial charge on any atom is 0.152 e. The van der Waals surface area contributed by atoms with Crippen molar-refractivity contribution in [2.45, 2.75) is 13.8 Å². The molecule has 0 amide bonds. The molecule has 0 aliphatic carbocycles. The van der Waals surface area contributed by atoms with Gasteiger partial charge in [0.25, 0.3) is 0 Å². The molecule has 2 aromatic carbocycles. The molecule has 0 bridgehead atoms. The van der Waals surface area contributed by atoms with Crippen LogP contribution in [0, 0.1) is 13.8 Å².